The van der Waals surface area contributed by atoms with Gasteiger partial charge in [0.1, 0.15) is 18.1 Å². The summed E-state index contributed by atoms with van der Waals surface area (Å²) < 4.78 is 0. The predicted molar refractivity (Wildman–Crippen MR) is 105 cm³/mol. The lowest BCUT2D eigenvalue weighted by molar-refractivity contribution is -0.143. The molecule has 0 aromatic rings. The van der Waals surface area contributed by atoms with Crippen molar-refractivity contribution < 1.29 is 48.9 Å². The molecule has 0 rings (SSSR count). The average molecular weight is 461 g/mol. The van der Waals surface area contributed by atoms with Gasteiger partial charge < -0.3 is 42.7 Å². The maximum absolute atomic E-state index is 12.5. The lowest BCUT2D eigenvalue weighted by Crippen LogP contribution is -2.56. The highest BCUT2D eigenvalue weighted by Gasteiger charge is 2.30. The maximum Gasteiger partial charge on any atom is 0.326 e. The van der Waals surface area contributed by atoms with Crippen LogP contribution in [-0.2, 0) is 33.6 Å². The highest BCUT2D eigenvalue weighted by atomic mass is 16.4. The molecule has 0 aliphatic heterocycles. The van der Waals surface area contributed by atoms with Crippen molar-refractivity contribution in [2.24, 2.45) is 11.5 Å². The van der Waals surface area contributed by atoms with E-state index in [0.717, 1.165) is 0 Å². The first-order valence-electron chi connectivity index (χ1n) is 9.42. The van der Waals surface area contributed by atoms with Crippen LogP contribution in [-0.4, -0.2) is 81.5 Å². The molecular formula is C17H27N5O10. The minimum Gasteiger partial charge on any atom is -0.481 e. The van der Waals surface area contributed by atoms with Crippen LogP contribution in [0.25, 0.3) is 0 Å². The third-order valence-electron chi connectivity index (χ3n) is 4.06. The number of primary amides is 1. The molecule has 10 N–H and O–H groups in total. The van der Waals surface area contributed by atoms with Crippen molar-refractivity contribution >= 4 is 41.5 Å². The van der Waals surface area contributed by atoms with E-state index in [0.29, 0.717) is 0 Å². The summed E-state index contributed by atoms with van der Waals surface area (Å²) in [4.78, 5) is 80.5. The summed E-state index contributed by atoms with van der Waals surface area (Å²) in [6.45, 7) is -0.500. The van der Waals surface area contributed by atoms with E-state index in [-0.39, 0.29) is 19.3 Å². The zero-order valence-electron chi connectivity index (χ0n) is 17.0. The average Bonchev–Trinajstić information content (AvgIpc) is 2.69. The van der Waals surface area contributed by atoms with Crippen molar-refractivity contribution in [3.63, 3.8) is 0 Å². The van der Waals surface area contributed by atoms with Gasteiger partial charge in [0.25, 0.3) is 0 Å². The molecule has 0 fully saturated rings. The Morgan fingerprint density at radius 3 is 1.44 bits per heavy atom. The molecule has 0 aromatic carbocycles. The van der Waals surface area contributed by atoms with Gasteiger partial charge in [-0.25, -0.2) is 4.79 Å². The number of rotatable bonds is 16. The van der Waals surface area contributed by atoms with Gasteiger partial charge in [-0.2, -0.15) is 0 Å². The van der Waals surface area contributed by atoms with Crippen LogP contribution in [0.4, 0.5) is 0 Å². The first-order valence-corrected chi connectivity index (χ1v) is 9.42. The van der Waals surface area contributed by atoms with E-state index in [4.69, 9.17) is 21.7 Å². The van der Waals surface area contributed by atoms with E-state index in [1.54, 1.807) is 0 Å². The van der Waals surface area contributed by atoms with Gasteiger partial charge in [0, 0.05) is 19.3 Å². The zero-order valence-corrected chi connectivity index (χ0v) is 17.0. The van der Waals surface area contributed by atoms with Gasteiger partial charge >= 0.3 is 17.9 Å². The molecule has 180 valence electrons. The molecule has 0 radical (unpaired) electrons. The zero-order chi connectivity index (χ0) is 24.8. The first kappa shape index (κ1) is 28.2. The van der Waals surface area contributed by atoms with Gasteiger partial charge in [0.05, 0.1) is 6.54 Å². The van der Waals surface area contributed by atoms with Gasteiger partial charge in [0.15, 0.2) is 0 Å². The second kappa shape index (κ2) is 14.3. The van der Waals surface area contributed by atoms with Crippen molar-refractivity contribution in [2.45, 2.75) is 56.7 Å². The summed E-state index contributed by atoms with van der Waals surface area (Å²) >= 11 is 0. The molecule has 0 saturated carbocycles. The summed E-state index contributed by atoms with van der Waals surface area (Å²) in [6, 6.07) is -4.47. The van der Waals surface area contributed by atoms with E-state index in [1.165, 1.54) is 0 Å². The Hall–Kier alpha value is -3.75. The highest BCUT2D eigenvalue weighted by molar-refractivity contribution is 5.94. The Bertz CT molecular complexity index is 741. The van der Waals surface area contributed by atoms with Crippen molar-refractivity contribution in [2.75, 3.05) is 6.54 Å². The summed E-state index contributed by atoms with van der Waals surface area (Å²) in [5.41, 5.74) is 10.1. The molecule has 0 saturated heterocycles. The number of hydrogen-bond acceptors (Lipinski definition) is 8. The number of amides is 4. The minimum absolute atomic E-state index is 0.343. The summed E-state index contributed by atoms with van der Waals surface area (Å²) in [5.74, 6) is -7.69. The lowest BCUT2D eigenvalue weighted by Gasteiger charge is -2.24. The SMILES string of the molecule is NCC(=O)NC(CCC(=O)O)C(=O)NC(CCC(=O)O)C(=O)NC(CCC(N)=O)C(=O)O. The number of carboxylic acids is 3. The van der Waals surface area contributed by atoms with Gasteiger partial charge in [-0.05, 0) is 19.3 Å². The number of nitrogens with one attached hydrogen (secondary N) is 3. The van der Waals surface area contributed by atoms with Crippen LogP contribution in [0.15, 0.2) is 0 Å². The molecule has 0 heterocycles. The molecule has 0 aliphatic rings. The first-order chi connectivity index (χ1) is 14.9. The Morgan fingerprint density at radius 2 is 1.06 bits per heavy atom. The largest absolute Gasteiger partial charge is 0.481 e. The predicted octanol–water partition coefficient (Wildman–Crippen LogP) is -3.52. The minimum atomic E-state index is -1.54. The number of aliphatic carboxylic acids is 3. The van der Waals surface area contributed by atoms with Gasteiger partial charge in [0.2, 0.25) is 23.6 Å². The smallest absolute Gasteiger partial charge is 0.326 e. The molecule has 32 heavy (non-hydrogen) atoms. The lowest BCUT2D eigenvalue weighted by atomic mass is 10.1. The molecular weight excluding hydrogens is 434 g/mol. The molecule has 15 heteroatoms. The van der Waals surface area contributed by atoms with Crippen LogP contribution in [0, 0.1) is 0 Å². The fourth-order valence-electron chi connectivity index (χ4n) is 2.42. The highest BCUT2D eigenvalue weighted by Crippen LogP contribution is 2.05. The van der Waals surface area contributed by atoms with Crippen molar-refractivity contribution in [3.05, 3.63) is 0 Å². The van der Waals surface area contributed by atoms with Crippen molar-refractivity contribution in [3.8, 4) is 0 Å². The molecule has 3 unspecified atom stereocenters. The van der Waals surface area contributed by atoms with Crippen LogP contribution in [0.5, 0.6) is 0 Å². The maximum atomic E-state index is 12.5. The monoisotopic (exact) mass is 461 g/mol. The van der Waals surface area contributed by atoms with E-state index in [9.17, 15) is 38.7 Å². The fraction of sp³-hybridized carbons (Fsp3) is 0.588. The van der Waals surface area contributed by atoms with Crippen LogP contribution < -0.4 is 27.4 Å². The normalized spacial score (nSPS) is 13.2. The second-order valence-electron chi connectivity index (χ2n) is 6.65. The van der Waals surface area contributed by atoms with E-state index >= 15 is 0 Å². The number of hydrogen-bond donors (Lipinski definition) is 8. The van der Waals surface area contributed by atoms with Crippen LogP contribution in [0.1, 0.15) is 38.5 Å². The Kier molecular flexibility index (Phi) is 12.6. The molecule has 0 aliphatic carbocycles. The third kappa shape index (κ3) is 12.1. The number of carbonyl (C=O) groups excluding carboxylic acids is 4. The van der Waals surface area contributed by atoms with E-state index < -0.39 is 85.5 Å². The van der Waals surface area contributed by atoms with E-state index in [2.05, 4.69) is 16.0 Å². The molecule has 0 spiro atoms. The number of carbonyl (C=O) groups is 7. The molecule has 3 atom stereocenters. The van der Waals surface area contributed by atoms with E-state index in [1.807, 2.05) is 0 Å². The molecule has 0 aromatic heterocycles. The summed E-state index contributed by atoms with van der Waals surface area (Å²) in [7, 11) is 0. The molecule has 4 amide bonds. The molecule has 15 nitrogen and oxygen atoms in total. The quantitative estimate of drug-likeness (QED) is 0.112. The Morgan fingerprint density at radius 1 is 0.656 bits per heavy atom. The van der Waals surface area contributed by atoms with Crippen molar-refractivity contribution in [1.82, 2.24) is 16.0 Å². The Balaban J connectivity index is 5.47. The molecule has 0 bridgehead atoms. The van der Waals surface area contributed by atoms with Crippen LogP contribution in [0.3, 0.4) is 0 Å². The second-order valence-corrected chi connectivity index (χ2v) is 6.65. The Labute approximate surface area is 181 Å². The van der Waals surface area contributed by atoms with Gasteiger partial charge in [-0.1, -0.05) is 0 Å². The standard InChI is InChI=1S/C17H27N5O10/c18-7-12(24)20-8(2-5-13(25)26)15(29)21-9(3-6-14(27)28)16(30)22-10(17(31)32)1-4-11(19)23/h8-10H,1-7,18H2,(H2,19,23)(H,20,24)(H,21,29)(H,22,30)(H,25,26)(H,27,28)(H,31,32). The fourth-order valence-corrected chi connectivity index (χ4v) is 2.42. The van der Waals surface area contributed by atoms with Crippen LogP contribution >= 0.6 is 0 Å². The van der Waals surface area contributed by atoms with Crippen LogP contribution in [0.2, 0.25) is 0 Å². The van der Waals surface area contributed by atoms with Gasteiger partial charge in [-0.15, -0.1) is 0 Å². The van der Waals surface area contributed by atoms with Gasteiger partial charge in [-0.3, -0.25) is 28.8 Å². The topological polar surface area (TPSA) is 268 Å². The third-order valence-corrected chi connectivity index (χ3v) is 4.06. The van der Waals surface area contributed by atoms with Crippen molar-refractivity contribution in [1.29, 1.82) is 0 Å². The number of carboxylic acid groups (broad SMARTS) is 3. The number of nitrogens with two attached hydrogens (primary N) is 2. The summed E-state index contributed by atoms with van der Waals surface area (Å²) in [5, 5.41) is 33.3. The summed E-state index contributed by atoms with van der Waals surface area (Å²) in [6.07, 6.45) is -2.58.